The first kappa shape index (κ1) is 24.4. The third-order valence-electron chi connectivity index (χ3n) is 5.78. The van der Waals surface area contributed by atoms with E-state index >= 15 is 0 Å². The van der Waals surface area contributed by atoms with Gasteiger partial charge in [-0.1, -0.05) is 48.5 Å². The molecule has 0 amide bonds. The van der Waals surface area contributed by atoms with E-state index in [0.29, 0.717) is 16.6 Å². The van der Waals surface area contributed by atoms with Crippen molar-refractivity contribution in [2.75, 3.05) is 6.61 Å². The van der Waals surface area contributed by atoms with Gasteiger partial charge in [0, 0.05) is 37.9 Å². The van der Waals surface area contributed by atoms with Crippen LogP contribution in [-0.4, -0.2) is 52.5 Å². The Morgan fingerprint density at radius 1 is 0.886 bits per heavy atom. The van der Waals surface area contributed by atoms with Gasteiger partial charge in [0.15, 0.2) is 24.5 Å². The maximum atomic E-state index is 12.0. The summed E-state index contributed by atoms with van der Waals surface area (Å²) in [5, 5.41) is 11.9. The van der Waals surface area contributed by atoms with Crippen LogP contribution in [0.3, 0.4) is 0 Å². The number of aromatic nitrogens is 1. The Hall–Kier alpha value is -3.69. The lowest BCUT2D eigenvalue weighted by atomic mass is 10.0. The van der Waals surface area contributed by atoms with Gasteiger partial charge in [-0.05, 0) is 11.6 Å². The normalized spacial score (nSPS) is 22.9. The zero-order valence-electron chi connectivity index (χ0n) is 19.6. The summed E-state index contributed by atoms with van der Waals surface area (Å²) >= 11 is 0. The van der Waals surface area contributed by atoms with Crippen LogP contribution in [0.15, 0.2) is 60.8 Å². The van der Waals surface area contributed by atoms with Gasteiger partial charge in [-0.2, -0.15) is 0 Å². The van der Waals surface area contributed by atoms with E-state index in [4.69, 9.17) is 18.9 Å². The molecule has 1 aliphatic rings. The molecule has 2 aromatic carbocycles. The molecule has 2 heterocycles. The number of hydrogen-bond acceptors (Lipinski definition) is 8. The fourth-order valence-corrected chi connectivity index (χ4v) is 4.44. The van der Waals surface area contributed by atoms with Crippen molar-refractivity contribution in [2.24, 2.45) is 0 Å². The number of rotatable bonds is 6. The predicted molar refractivity (Wildman–Crippen MR) is 124 cm³/mol. The van der Waals surface area contributed by atoms with E-state index < -0.39 is 48.6 Å². The zero-order chi connectivity index (χ0) is 25.1. The molecule has 1 unspecified atom stereocenters. The number of nitrogens with zero attached hydrogens (tertiary/aromatic N) is 1. The van der Waals surface area contributed by atoms with Crippen LogP contribution in [0.4, 0.5) is 0 Å². The molecule has 0 spiro atoms. The van der Waals surface area contributed by atoms with E-state index in [1.54, 1.807) is 10.8 Å². The number of ether oxygens (including phenoxy) is 4. The van der Waals surface area contributed by atoms with Crippen LogP contribution in [0.25, 0.3) is 10.9 Å². The van der Waals surface area contributed by atoms with Crippen LogP contribution >= 0.6 is 0 Å². The first-order valence-corrected chi connectivity index (χ1v) is 11.2. The highest BCUT2D eigenvalue weighted by Crippen LogP contribution is 2.37. The van der Waals surface area contributed by atoms with E-state index in [2.05, 4.69) is 0 Å². The fraction of sp³-hybridized carbons (Fsp3) is 0.346. The summed E-state index contributed by atoms with van der Waals surface area (Å²) in [6.45, 7) is 3.59. The van der Waals surface area contributed by atoms with Gasteiger partial charge in [0.2, 0.25) is 0 Å². The van der Waals surface area contributed by atoms with Crippen LogP contribution in [0.2, 0.25) is 0 Å². The Morgan fingerprint density at radius 2 is 1.49 bits per heavy atom. The summed E-state index contributed by atoms with van der Waals surface area (Å²) in [5.74, 6) is -1.83. The minimum atomic E-state index is -1.12. The first-order valence-electron chi connectivity index (χ1n) is 11.2. The average Bonchev–Trinajstić information content (AvgIpc) is 3.20. The number of fused-ring (bicyclic) bond motifs is 1. The Balaban J connectivity index is 1.80. The third-order valence-corrected chi connectivity index (χ3v) is 5.78. The number of benzene rings is 2. The highest BCUT2D eigenvalue weighted by molar-refractivity contribution is 5.85. The summed E-state index contributed by atoms with van der Waals surface area (Å²) in [4.78, 5) is 35.6. The van der Waals surface area contributed by atoms with Gasteiger partial charge < -0.3 is 28.6 Å². The van der Waals surface area contributed by atoms with Crippen molar-refractivity contribution in [1.29, 1.82) is 0 Å². The van der Waals surface area contributed by atoms with E-state index in [1.165, 1.54) is 20.8 Å². The van der Waals surface area contributed by atoms with Crippen LogP contribution in [0.1, 0.15) is 44.2 Å². The molecule has 1 N–H and O–H groups in total. The summed E-state index contributed by atoms with van der Waals surface area (Å²) in [6, 6.07) is 16.6. The minimum absolute atomic E-state index is 0.0942. The zero-order valence-corrected chi connectivity index (χ0v) is 19.6. The molecular weight excluding hydrogens is 454 g/mol. The number of carbonyl (C=O) groups excluding carboxylic acids is 3. The molecule has 0 saturated carbocycles. The van der Waals surface area contributed by atoms with Crippen molar-refractivity contribution < 1.29 is 38.4 Å². The molecule has 35 heavy (non-hydrogen) atoms. The highest BCUT2D eigenvalue weighted by Gasteiger charge is 2.48. The summed E-state index contributed by atoms with van der Waals surface area (Å²) in [6.07, 6.45) is -3.28. The molecule has 0 bridgehead atoms. The Morgan fingerprint density at radius 3 is 2.14 bits per heavy atom. The monoisotopic (exact) mass is 481 g/mol. The minimum Gasteiger partial charge on any atom is -0.456 e. The molecule has 0 radical (unpaired) electrons. The summed E-state index contributed by atoms with van der Waals surface area (Å²) in [5.41, 5.74) is 2.06. The smallest absolute Gasteiger partial charge is 0.303 e. The Labute approximate surface area is 202 Å². The molecule has 9 heteroatoms. The lowest BCUT2D eigenvalue weighted by Gasteiger charge is -2.41. The number of para-hydroxylation sites is 1. The molecule has 1 aliphatic heterocycles. The van der Waals surface area contributed by atoms with Gasteiger partial charge in [0.25, 0.3) is 0 Å². The molecule has 1 aromatic heterocycles. The quantitative estimate of drug-likeness (QED) is 0.422. The van der Waals surface area contributed by atoms with Crippen molar-refractivity contribution in [1.82, 2.24) is 4.57 Å². The molecule has 1 saturated heterocycles. The van der Waals surface area contributed by atoms with E-state index in [-0.39, 0.29) is 6.61 Å². The molecule has 9 nitrogen and oxygen atoms in total. The molecule has 184 valence electrons. The fourth-order valence-electron chi connectivity index (χ4n) is 4.44. The van der Waals surface area contributed by atoms with Gasteiger partial charge in [-0.25, -0.2) is 0 Å². The molecule has 4 rings (SSSR count). The topological polar surface area (TPSA) is 113 Å². The van der Waals surface area contributed by atoms with Gasteiger partial charge in [-0.15, -0.1) is 0 Å². The second-order valence-corrected chi connectivity index (χ2v) is 8.34. The largest absolute Gasteiger partial charge is 0.456 e. The number of esters is 3. The van der Waals surface area contributed by atoms with Gasteiger partial charge >= 0.3 is 17.9 Å². The number of carbonyl (C=O) groups is 3. The maximum Gasteiger partial charge on any atom is 0.303 e. The Kier molecular flexibility index (Phi) is 7.18. The van der Waals surface area contributed by atoms with E-state index in [9.17, 15) is 19.5 Å². The lowest BCUT2D eigenvalue weighted by Crippen LogP contribution is -2.55. The first-order chi connectivity index (χ1) is 16.8. The molecule has 1 fully saturated rings. The number of aliphatic hydroxyl groups excluding tert-OH is 1. The van der Waals surface area contributed by atoms with Crippen LogP contribution in [0.5, 0.6) is 0 Å². The predicted octanol–water partition coefficient (Wildman–Crippen LogP) is 3.05. The highest BCUT2D eigenvalue weighted by atomic mass is 16.6. The number of hydrogen-bond donors (Lipinski definition) is 1. The molecule has 0 aliphatic carbocycles. The van der Waals surface area contributed by atoms with Crippen molar-refractivity contribution in [3.63, 3.8) is 0 Å². The van der Waals surface area contributed by atoms with Gasteiger partial charge in [0.05, 0.1) is 12.1 Å². The SMILES string of the molecule is CC(=O)O[C@@H]1[C@@H](OC(C)=O)[C@H](OC(C)=O)CO[C@H]1n1cc(C(O)c2ccccc2)c2ccccc21. The number of aliphatic hydroxyl groups is 1. The van der Waals surface area contributed by atoms with Gasteiger partial charge in [0.1, 0.15) is 6.10 Å². The lowest BCUT2D eigenvalue weighted by molar-refractivity contribution is -0.239. The van der Waals surface area contributed by atoms with Gasteiger partial charge in [-0.3, -0.25) is 14.4 Å². The van der Waals surface area contributed by atoms with Crippen molar-refractivity contribution >= 4 is 28.8 Å². The Bertz CT molecular complexity index is 1220. The molecule has 5 atom stereocenters. The second-order valence-electron chi connectivity index (χ2n) is 8.34. The van der Waals surface area contributed by atoms with E-state index in [1.807, 2.05) is 54.6 Å². The third kappa shape index (κ3) is 5.21. The maximum absolute atomic E-state index is 12.0. The van der Waals surface area contributed by atoms with Crippen molar-refractivity contribution in [2.45, 2.75) is 51.4 Å². The second kappa shape index (κ2) is 10.3. The van der Waals surface area contributed by atoms with Crippen LogP contribution in [0, 0.1) is 0 Å². The van der Waals surface area contributed by atoms with Crippen molar-refractivity contribution in [3.8, 4) is 0 Å². The van der Waals surface area contributed by atoms with E-state index in [0.717, 1.165) is 5.39 Å². The summed E-state index contributed by atoms with van der Waals surface area (Å²) < 4.78 is 24.1. The van der Waals surface area contributed by atoms with Crippen LogP contribution < -0.4 is 0 Å². The molecular formula is C26H27NO8. The summed E-state index contributed by atoms with van der Waals surface area (Å²) in [7, 11) is 0. The average molecular weight is 482 g/mol. The molecule has 3 aromatic rings. The standard InChI is InChI=1S/C26H27NO8/c1-15(28)33-22-14-32-26(25(35-17(3)30)24(22)34-16(2)29)27-13-20(19-11-7-8-12-21(19)27)23(31)18-9-5-4-6-10-18/h4-13,22-26,31H,14H2,1-3H3/t22-,23?,24+,25-,26-/m1/s1. The van der Waals surface area contributed by atoms with Crippen molar-refractivity contribution in [3.05, 3.63) is 71.9 Å². The van der Waals surface area contributed by atoms with Crippen LogP contribution in [-0.2, 0) is 33.3 Å².